The number of benzene rings is 2. The third-order valence-electron chi connectivity index (χ3n) is 2.78. The first-order valence-corrected chi connectivity index (χ1v) is 8.36. The van der Waals surface area contributed by atoms with Crippen molar-refractivity contribution in [1.29, 1.82) is 0 Å². The molecule has 2 nitrogen and oxygen atoms in total. The van der Waals surface area contributed by atoms with E-state index in [0.29, 0.717) is 13.2 Å². The van der Waals surface area contributed by atoms with Crippen molar-refractivity contribution in [2.75, 3.05) is 18.9 Å². The van der Waals surface area contributed by atoms with E-state index in [2.05, 4.69) is 52.3 Å². The van der Waals surface area contributed by atoms with E-state index in [0.717, 1.165) is 22.4 Å². The molecular formula is C16H18BrNOS. The van der Waals surface area contributed by atoms with E-state index in [-0.39, 0.29) is 0 Å². The number of ether oxygens (including phenoxy) is 1. The minimum atomic E-state index is 0.667. The molecule has 0 aromatic heterocycles. The molecule has 0 radical (unpaired) electrons. The van der Waals surface area contributed by atoms with Crippen molar-refractivity contribution in [2.45, 2.75) is 11.3 Å². The van der Waals surface area contributed by atoms with Gasteiger partial charge in [0, 0.05) is 10.6 Å². The molecule has 106 valence electrons. The van der Waals surface area contributed by atoms with Gasteiger partial charge in [-0.15, -0.1) is 11.8 Å². The van der Waals surface area contributed by atoms with Crippen LogP contribution < -0.4 is 10.5 Å². The molecule has 20 heavy (non-hydrogen) atoms. The van der Waals surface area contributed by atoms with Crippen LogP contribution in [0.2, 0.25) is 0 Å². The van der Waals surface area contributed by atoms with Gasteiger partial charge in [0.25, 0.3) is 0 Å². The zero-order valence-electron chi connectivity index (χ0n) is 11.2. The van der Waals surface area contributed by atoms with E-state index in [1.807, 2.05) is 12.1 Å². The maximum absolute atomic E-state index is 5.79. The number of thioether (sulfide) groups is 1. The summed E-state index contributed by atoms with van der Waals surface area (Å²) in [7, 11) is 0. The Kier molecular flexibility index (Phi) is 6.43. The third kappa shape index (κ3) is 4.85. The second kappa shape index (κ2) is 8.35. The molecule has 0 aliphatic heterocycles. The van der Waals surface area contributed by atoms with E-state index < -0.39 is 0 Å². The van der Waals surface area contributed by atoms with E-state index in [1.165, 1.54) is 10.5 Å². The molecule has 0 unspecified atom stereocenters. The lowest BCUT2D eigenvalue weighted by atomic mass is 10.1. The highest BCUT2D eigenvalue weighted by Crippen LogP contribution is 2.26. The molecule has 2 rings (SSSR count). The van der Waals surface area contributed by atoms with Gasteiger partial charge >= 0.3 is 0 Å². The first-order chi connectivity index (χ1) is 9.79. The maximum atomic E-state index is 5.79. The molecule has 2 aromatic rings. The molecule has 0 amide bonds. The zero-order chi connectivity index (χ0) is 14.2. The number of hydrogen-bond donors (Lipinski definition) is 1. The molecule has 0 heterocycles. The smallest absolute Gasteiger partial charge is 0.133 e. The fourth-order valence-corrected chi connectivity index (χ4v) is 3.10. The van der Waals surface area contributed by atoms with Crippen LogP contribution >= 0.6 is 27.7 Å². The minimum absolute atomic E-state index is 0.667. The SMILES string of the molecule is NCCc1ccc(OCCSc2ccccc2)c(Br)c1. The summed E-state index contributed by atoms with van der Waals surface area (Å²) in [5.41, 5.74) is 6.78. The number of hydrogen-bond acceptors (Lipinski definition) is 3. The Balaban J connectivity index is 1.79. The van der Waals surface area contributed by atoms with Crippen LogP contribution in [-0.2, 0) is 6.42 Å². The van der Waals surface area contributed by atoms with Gasteiger partial charge in [0.15, 0.2) is 0 Å². The Hall–Kier alpha value is -0.970. The molecule has 0 saturated carbocycles. The average molecular weight is 352 g/mol. The second-order valence-electron chi connectivity index (χ2n) is 4.31. The Morgan fingerprint density at radius 2 is 1.90 bits per heavy atom. The largest absolute Gasteiger partial charge is 0.492 e. The topological polar surface area (TPSA) is 35.2 Å². The predicted octanol–water partition coefficient (Wildman–Crippen LogP) is 4.12. The molecule has 2 N–H and O–H groups in total. The summed E-state index contributed by atoms with van der Waals surface area (Å²) in [6.07, 6.45) is 0.892. The number of nitrogens with two attached hydrogens (primary N) is 1. The summed E-state index contributed by atoms with van der Waals surface area (Å²) in [5.74, 6) is 1.82. The second-order valence-corrected chi connectivity index (χ2v) is 6.34. The van der Waals surface area contributed by atoms with Crippen molar-refractivity contribution in [3.05, 3.63) is 58.6 Å². The van der Waals surface area contributed by atoms with Crippen LogP contribution in [0.25, 0.3) is 0 Å². The molecule has 2 aromatic carbocycles. The van der Waals surface area contributed by atoms with E-state index >= 15 is 0 Å². The van der Waals surface area contributed by atoms with Gasteiger partial charge in [-0.1, -0.05) is 24.3 Å². The highest BCUT2D eigenvalue weighted by Gasteiger charge is 2.02. The fraction of sp³-hybridized carbons (Fsp3) is 0.250. The van der Waals surface area contributed by atoms with Gasteiger partial charge in [-0.05, 0) is 58.7 Å². The van der Waals surface area contributed by atoms with Gasteiger partial charge in [-0.3, -0.25) is 0 Å². The van der Waals surface area contributed by atoms with Crippen molar-refractivity contribution in [3.8, 4) is 5.75 Å². The van der Waals surface area contributed by atoms with Crippen molar-refractivity contribution < 1.29 is 4.74 Å². The highest BCUT2D eigenvalue weighted by atomic mass is 79.9. The van der Waals surface area contributed by atoms with Crippen molar-refractivity contribution in [3.63, 3.8) is 0 Å². The summed E-state index contributed by atoms with van der Waals surface area (Å²) in [6.45, 7) is 1.36. The summed E-state index contributed by atoms with van der Waals surface area (Å²) in [6, 6.07) is 16.5. The van der Waals surface area contributed by atoms with E-state index in [9.17, 15) is 0 Å². The van der Waals surface area contributed by atoms with E-state index in [1.54, 1.807) is 11.8 Å². The van der Waals surface area contributed by atoms with E-state index in [4.69, 9.17) is 10.5 Å². The van der Waals surface area contributed by atoms with Crippen LogP contribution in [0, 0.1) is 0 Å². The monoisotopic (exact) mass is 351 g/mol. The quantitative estimate of drug-likeness (QED) is 0.601. The molecule has 0 aliphatic carbocycles. The summed E-state index contributed by atoms with van der Waals surface area (Å²) in [5, 5.41) is 0. The molecule has 0 spiro atoms. The average Bonchev–Trinajstić information content (AvgIpc) is 2.47. The van der Waals surface area contributed by atoms with Crippen LogP contribution in [0.3, 0.4) is 0 Å². The van der Waals surface area contributed by atoms with Crippen molar-refractivity contribution in [1.82, 2.24) is 0 Å². The summed E-state index contributed by atoms with van der Waals surface area (Å²) >= 11 is 5.34. The lowest BCUT2D eigenvalue weighted by molar-refractivity contribution is 0.341. The van der Waals surface area contributed by atoms with Gasteiger partial charge in [-0.2, -0.15) is 0 Å². The molecule has 0 fully saturated rings. The lowest BCUT2D eigenvalue weighted by Crippen LogP contribution is -2.04. The van der Waals surface area contributed by atoms with Crippen LogP contribution in [-0.4, -0.2) is 18.9 Å². The molecule has 0 atom stereocenters. The molecular weight excluding hydrogens is 334 g/mol. The molecule has 0 saturated heterocycles. The lowest BCUT2D eigenvalue weighted by Gasteiger charge is -2.09. The van der Waals surface area contributed by atoms with Gasteiger partial charge in [0.1, 0.15) is 5.75 Å². The normalized spacial score (nSPS) is 10.5. The van der Waals surface area contributed by atoms with Crippen LogP contribution in [0.4, 0.5) is 0 Å². The number of halogens is 1. The Morgan fingerprint density at radius 1 is 1.10 bits per heavy atom. The first kappa shape index (κ1) is 15.4. The van der Waals surface area contributed by atoms with Crippen LogP contribution in [0.5, 0.6) is 5.75 Å². The van der Waals surface area contributed by atoms with Crippen LogP contribution in [0.15, 0.2) is 57.9 Å². The Labute approximate surface area is 132 Å². The first-order valence-electron chi connectivity index (χ1n) is 6.59. The van der Waals surface area contributed by atoms with Gasteiger partial charge in [0.05, 0.1) is 11.1 Å². The third-order valence-corrected chi connectivity index (χ3v) is 4.38. The van der Waals surface area contributed by atoms with Crippen molar-refractivity contribution in [2.24, 2.45) is 5.73 Å². The highest BCUT2D eigenvalue weighted by molar-refractivity contribution is 9.10. The molecule has 0 bridgehead atoms. The predicted molar refractivity (Wildman–Crippen MR) is 89.6 cm³/mol. The van der Waals surface area contributed by atoms with Crippen LogP contribution in [0.1, 0.15) is 5.56 Å². The standard InChI is InChI=1S/C16H18BrNOS/c17-15-12-13(8-9-18)6-7-16(15)19-10-11-20-14-4-2-1-3-5-14/h1-7,12H,8-11,18H2. The Bertz CT molecular complexity index is 533. The van der Waals surface area contributed by atoms with Gasteiger partial charge in [-0.25, -0.2) is 0 Å². The summed E-state index contributed by atoms with van der Waals surface area (Å²) in [4.78, 5) is 1.27. The molecule has 4 heteroatoms. The van der Waals surface area contributed by atoms with Gasteiger partial charge in [0.2, 0.25) is 0 Å². The van der Waals surface area contributed by atoms with Crippen molar-refractivity contribution >= 4 is 27.7 Å². The number of rotatable bonds is 7. The van der Waals surface area contributed by atoms with Gasteiger partial charge < -0.3 is 10.5 Å². The zero-order valence-corrected chi connectivity index (χ0v) is 13.6. The fourth-order valence-electron chi connectivity index (χ4n) is 1.81. The minimum Gasteiger partial charge on any atom is -0.492 e. The Morgan fingerprint density at radius 3 is 2.60 bits per heavy atom. The maximum Gasteiger partial charge on any atom is 0.133 e. The summed E-state index contributed by atoms with van der Waals surface area (Å²) < 4.78 is 6.79. The molecule has 0 aliphatic rings.